The van der Waals surface area contributed by atoms with Crippen LogP contribution in [0.2, 0.25) is 5.02 Å². The van der Waals surface area contributed by atoms with E-state index >= 15 is 0 Å². The molecule has 3 heteroatoms. The van der Waals surface area contributed by atoms with E-state index in [9.17, 15) is 0 Å². The second-order valence-corrected chi connectivity index (χ2v) is 3.11. The lowest BCUT2D eigenvalue weighted by molar-refractivity contribution is 0.967. The van der Waals surface area contributed by atoms with Crippen LogP contribution in [0.4, 0.5) is 0 Å². The van der Waals surface area contributed by atoms with Crippen LogP contribution in [0.1, 0.15) is 11.1 Å². The van der Waals surface area contributed by atoms with Gasteiger partial charge in [-0.1, -0.05) is 17.7 Å². The van der Waals surface area contributed by atoms with Crippen LogP contribution in [0.5, 0.6) is 0 Å². The van der Waals surface area contributed by atoms with Crippen molar-refractivity contribution in [1.29, 1.82) is 0 Å². The summed E-state index contributed by atoms with van der Waals surface area (Å²) in [6.45, 7) is 2.71. The van der Waals surface area contributed by atoms with Gasteiger partial charge in [0.15, 0.2) is 0 Å². The minimum atomic E-state index is 0. The highest BCUT2D eigenvalue weighted by atomic mass is 35.5. The Labute approximate surface area is 84.3 Å². The zero-order chi connectivity index (χ0) is 8.27. The summed E-state index contributed by atoms with van der Waals surface area (Å²) < 4.78 is 0. The first-order valence-electron chi connectivity index (χ1n) is 3.68. The maximum Gasteiger partial charge on any atom is 0.0411 e. The van der Waals surface area contributed by atoms with Gasteiger partial charge in [0, 0.05) is 5.02 Å². The van der Waals surface area contributed by atoms with Crippen LogP contribution in [0.3, 0.4) is 0 Å². The van der Waals surface area contributed by atoms with E-state index in [1.54, 1.807) is 0 Å². The Hall–Kier alpha value is -0.240. The van der Waals surface area contributed by atoms with E-state index in [4.69, 9.17) is 17.3 Å². The van der Waals surface area contributed by atoms with Crippen molar-refractivity contribution in [3.63, 3.8) is 0 Å². The summed E-state index contributed by atoms with van der Waals surface area (Å²) in [6.07, 6.45) is 0.904. The molecule has 0 heterocycles. The maximum absolute atomic E-state index is 5.85. The second kappa shape index (κ2) is 5.41. The zero-order valence-corrected chi connectivity index (χ0v) is 8.58. The molecule has 1 nitrogen and oxygen atoms in total. The average Bonchev–Trinajstić information content (AvgIpc) is 1.85. The van der Waals surface area contributed by atoms with Gasteiger partial charge in [-0.05, 0) is 43.1 Å². The largest absolute Gasteiger partial charge is 0.330 e. The molecule has 2 N–H and O–H groups in total. The van der Waals surface area contributed by atoms with E-state index in [2.05, 4.69) is 6.07 Å². The second-order valence-electron chi connectivity index (χ2n) is 2.68. The van der Waals surface area contributed by atoms with Crippen LogP contribution in [-0.2, 0) is 6.42 Å². The van der Waals surface area contributed by atoms with Crippen LogP contribution < -0.4 is 5.73 Å². The predicted octanol–water partition coefficient (Wildman–Crippen LogP) is 2.57. The molecule has 0 spiro atoms. The fourth-order valence-electron chi connectivity index (χ4n) is 1.12. The van der Waals surface area contributed by atoms with Crippen molar-refractivity contribution in [2.75, 3.05) is 6.54 Å². The molecule has 1 aromatic carbocycles. The molecule has 0 bridgehead atoms. The molecule has 0 aliphatic heterocycles. The zero-order valence-electron chi connectivity index (χ0n) is 7.01. The van der Waals surface area contributed by atoms with Crippen molar-refractivity contribution < 1.29 is 0 Å². The molecule has 0 radical (unpaired) electrons. The van der Waals surface area contributed by atoms with Crippen molar-refractivity contribution >= 4 is 24.0 Å². The van der Waals surface area contributed by atoms with E-state index in [0.29, 0.717) is 6.54 Å². The number of rotatable bonds is 2. The monoisotopic (exact) mass is 205 g/mol. The highest BCUT2D eigenvalue weighted by Crippen LogP contribution is 2.14. The highest BCUT2D eigenvalue weighted by molar-refractivity contribution is 6.30. The SMILES string of the molecule is Cc1cc(Cl)cc(CCN)c1.Cl. The van der Waals surface area contributed by atoms with Gasteiger partial charge < -0.3 is 5.73 Å². The fraction of sp³-hybridized carbons (Fsp3) is 0.333. The normalized spacial score (nSPS) is 9.25. The van der Waals surface area contributed by atoms with E-state index < -0.39 is 0 Å². The summed E-state index contributed by atoms with van der Waals surface area (Å²) in [6, 6.07) is 6.02. The first-order valence-corrected chi connectivity index (χ1v) is 4.06. The maximum atomic E-state index is 5.85. The molecular formula is C9H13Cl2N. The lowest BCUT2D eigenvalue weighted by Gasteiger charge is -2.00. The molecule has 0 unspecified atom stereocenters. The summed E-state index contributed by atoms with van der Waals surface area (Å²) in [7, 11) is 0. The summed E-state index contributed by atoms with van der Waals surface area (Å²) in [5.74, 6) is 0. The summed E-state index contributed by atoms with van der Waals surface area (Å²) >= 11 is 5.85. The first-order chi connectivity index (χ1) is 5.22. The van der Waals surface area contributed by atoms with Crippen LogP contribution in [0.15, 0.2) is 18.2 Å². The molecule has 0 aliphatic rings. The number of hydrogen-bond donors (Lipinski definition) is 1. The molecule has 1 rings (SSSR count). The summed E-state index contributed by atoms with van der Waals surface area (Å²) in [4.78, 5) is 0. The van der Waals surface area contributed by atoms with Gasteiger partial charge in [-0.25, -0.2) is 0 Å². The Morgan fingerprint density at radius 2 is 2.00 bits per heavy atom. The van der Waals surface area contributed by atoms with Gasteiger partial charge >= 0.3 is 0 Å². The van der Waals surface area contributed by atoms with Crippen molar-refractivity contribution in [1.82, 2.24) is 0 Å². The molecular weight excluding hydrogens is 193 g/mol. The number of hydrogen-bond acceptors (Lipinski definition) is 1. The predicted molar refractivity (Wildman–Crippen MR) is 56.2 cm³/mol. The number of halogens is 2. The number of benzene rings is 1. The van der Waals surface area contributed by atoms with Gasteiger partial charge in [0.05, 0.1) is 0 Å². The minimum Gasteiger partial charge on any atom is -0.330 e. The molecule has 68 valence electrons. The Balaban J connectivity index is 0.00000121. The van der Waals surface area contributed by atoms with Gasteiger partial charge in [-0.15, -0.1) is 12.4 Å². The molecule has 0 amide bonds. The lowest BCUT2D eigenvalue weighted by Crippen LogP contribution is -2.02. The smallest absolute Gasteiger partial charge is 0.0411 e. The molecule has 0 saturated carbocycles. The third kappa shape index (κ3) is 3.44. The molecule has 0 saturated heterocycles. The van der Waals surface area contributed by atoms with E-state index in [1.807, 2.05) is 19.1 Å². The quantitative estimate of drug-likeness (QED) is 0.790. The van der Waals surface area contributed by atoms with Crippen molar-refractivity contribution in [2.45, 2.75) is 13.3 Å². The Bertz CT molecular complexity index is 228. The summed E-state index contributed by atoms with van der Waals surface area (Å²) in [5.41, 5.74) is 7.83. The van der Waals surface area contributed by atoms with Gasteiger partial charge in [-0.3, -0.25) is 0 Å². The van der Waals surface area contributed by atoms with Crippen molar-refractivity contribution in [3.8, 4) is 0 Å². The number of nitrogens with two attached hydrogens (primary N) is 1. The molecule has 0 atom stereocenters. The summed E-state index contributed by atoms with van der Waals surface area (Å²) in [5, 5.41) is 0.799. The van der Waals surface area contributed by atoms with Gasteiger partial charge in [-0.2, -0.15) is 0 Å². The van der Waals surface area contributed by atoms with Gasteiger partial charge in [0.1, 0.15) is 0 Å². The molecule has 12 heavy (non-hydrogen) atoms. The van der Waals surface area contributed by atoms with E-state index in [0.717, 1.165) is 11.4 Å². The molecule has 0 aromatic heterocycles. The van der Waals surface area contributed by atoms with Gasteiger partial charge in [0.2, 0.25) is 0 Å². The van der Waals surface area contributed by atoms with Crippen LogP contribution in [-0.4, -0.2) is 6.54 Å². The van der Waals surface area contributed by atoms with Crippen LogP contribution in [0, 0.1) is 6.92 Å². The standard InChI is InChI=1S/C9H12ClN.ClH/c1-7-4-8(2-3-11)6-9(10)5-7;/h4-6H,2-3,11H2,1H3;1H. The fourth-order valence-corrected chi connectivity index (χ4v) is 1.44. The Morgan fingerprint density at radius 3 is 2.50 bits per heavy atom. The first kappa shape index (κ1) is 11.8. The minimum absolute atomic E-state index is 0. The molecule has 0 aliphatic carbocycles. The number of aryl methyl sites for hydroxylation is 1. The van der Waals surface area contributed by atoms with Crippen molar-refractivity contribution in [3.05, 3.63) is 34.3 Å². The lowest BCUT2D eigenvalue weighted by atomic mass is 10.1. The Morgan fingerprint density at radius 1 is 1.33 bits per heavy atom. The van der Waals surface area contributed by atoms with Gasteiger partial charge in [0.25, 0.3) is 0 Å². The molecule has 1 aromatic rings. The Kier molecular flexibility index (Phi) is 5.31. The third-order valence-electron chi connectivity index (χ3n) is 1.53. The van der Waals surface area contributed by atoms with Crippen molar-refractivity contribution in [2.24, 2.45) is 5.73 Å². The average molecular weight is 206 g/mol. The van der Waals surface area contributed by atoms with E-state index in [-0.39, 0.29) is 12.4 Å². The highest BCUT2D eigenvalue weighted by Gasteiger charge is 1.94. The van der Waals surface area contributed by atoms with Crippen LogP contribution in [0.25, 0.3) is 0 Å². The topological polar surface area (TPSA) is 26.0 Å². The van der Waals surface area contributed by atoms with Crippen LogP contribution >= 0.6 is 24.0 Å². The third-order valence-corrected chi connectivity index (χ3v) is 1.75. The molecule has 0 fully saturated rings. The van der Waals surface area contributed by atoms with E-state index in [1.165, 1.54) is 11.1 Å².